The number of carbonyl (C=O) groups excluding carboxylic acids is 1. The number of nitrogens with one attached hydrogen (secondary N) is 1. The van der Waals surface area contributed by atoms with E-state index in [4.69, 9.17) is 4.74 Å². The summed E-state index contributed by atoms with van der Waals surface area (Å²) in [6.07, 6.45) is 4.54. The topological polar surface area (TPSA) is 55.6 Å². The molecule has 0 bridgehead atoms. The second kappa shape index (κ2) is 8.78. The number of carbonyl (C=O) groups is 1. The number of pyridine rings is 1. The molecule has 0 atom stereocenters. The first-order chi connectivity index (χ1) is 14.6. The van der Waals surface area contributed by atoms with Crippen LogP contribution in [0.4, 0.5) is 4.39 Å². The van der Waals surface area contributed by atoms with Crippen LogP contribution in [-0.2, 0) is 13.0 Å². The summed E-state index contributed by atoms with van der Waals surface area (Å²) in [6, 6.07) is 17.4. The van der Waals surface area contributed by atoms with Gasteiger partial charge in [0.1, 0.15) is 23.8 Å². The molecular formula is C24H22FN3O2. The van der Waals surface area contributed by atoms with Crippen LogP contribution in [0.2, 0.25) is 0 Å². The Bertz CT molecular complexity index is 1170. The molecule has 0 aliphatic rings. The zero-order valence-corrected chi connectivity index (χ0v) is 16.6. The highest BCUT2D eigenvalue weighted by atomic mass is 19.1. The standard InChI is InChI=1S/C24H22FN3O2/c1-17-5-10-23-27-21(15-28(23)14-17)16-30-22-8-6-19(7-9-22)24(29)26-12-11-18-3-2-4-20(25)13-18/h2-10,13-15H,11-12,16H2,1H3,(H,26,29). The minimum Gasteiger partial charge on any atom is -0.487 e. The summed E-state index contributed by atoms with van der Waals surface area (Å²) in [5.41, 5.74) is 4.27. The number of benzene rings is 2. The van der Waals surface area contributed by atoms with Gasteiger partial charge >= 0.3 is 0 Å². The number of hydrogen-bond acceptors (Lipinski definition) is 3. The second-order valence-electron chi connectivity index (χ2n) is 7.15. The number of nitrogens with zero attached hydrogens (tertiary/aromatic N) is 2. The number of fused-ring (bicyclic) bond motifs is 1. The van der Waals surface area contributed by atoms with Gasteiger partial charge in [-0.15, -0.1) is 0 Å². The van der Waals surface area contributed by atoms with Gasteiger partial charge < -0.3 is 14.5 Å². The molecule has 1 N–H and O–H groups in total. The van der Waals surface area contributed by atoms with Crippen molar-refractivity contribution in [1.82, 2.24) is 14.7 Å². The summed E-state index contributed by atoms with van der Waals surface area (Å²) in [4.78, 5) is 16.8. The maximum Gasteiger partial charge on any atom is 0.251 e. The number of imidazole rings is 1. The predicted octanol–water partition coefficient (Wildman–Crippen LogP) is 4.33. The number of hydrogen-bond donors (Lipinski definition) is 1. The first-order valence-electron chi connectivity index (χ1n) is 9.76. The molecule has 0 aliphatic heterocycles. The van der Waals surface area contributed by atoms with Crippen molar-refractivity contribution in [3.05, 3.63) is 101 Å². The number of amides is 1. The molecule has 0 saturated heterocycles. The summed E-state index contributed by atoms with van der Waals surface area (Å²) < 4.78 is 21.0. The molecule has 0 unspecified atom stereocenters. The van der Waals surface area contributed by atoms with E-state index < -0.39 is 0 Å². The molecule has 0 spiro atoms. The summed E-state index contributed by atoms with van der Waals surface area (Å²) in [5.74, 6) is 0.224. The predicted molar refractivity (Wildman–Crippen MR) is 113 cm³/mol. The maximum absolute atomic E-state index is 13.2. The zero-order valence-electron chi connectivity index (χ0n) is 16.6. The molecule has 0 saturated carbocycles. The van der Waals surface area contributed by atoms with Crippen molar-refractivity contribution >= 4 is 11.6 Å². The summed E-state index contributed by atoms with van der Waals surface area (Å²) >= 11 is 0. The molecule has 2 heterocycles. The Kier molecular flexibility index (Phi) is 5.75. The van der Waals surface area contributed by atoms with Crippen LogP contribution in [0.5, 0.6) is 5.75 Å². The molecule has 0 radical (unpaired) electrons. The molecule has 1 amide bonds. The van der Waals surface area contributed by atoms with Crippen molar-refractivity contribution in [3.8, 4) is 5.75 Å². The first-order valence-corrected chi connectivity index (χ1v) is 9.76. The highest BCUT2D eigenvalue weighted by Gasteiger charge is 2.07. The fourth-order valence-electron chi connectivity index (χ4n) is 3.20. The van der Waals surface area contributed by atoms with Crippen molar-refractivity contribution in [2.45, 2.75) is 20.0 Å². The Morgan fingerprint density at radius 1 is 1.10 bits per heavy atom. The highest BCUT2D eigenvalue weighted by Crippen LogP contribution is 2.15. The van der Waals surface area contributed by atoms with Crippen LogP contribution in [0, 0.1) is 12.7 Å². The molecule has 0 fully saturated rings. The second-order valence-corrected chi connectivity index (χ2v) is 7.15. The van der Waals surface area contributed by atoms with Gasteiger partial charge in [0, 0.05) is 24.5 Å². The molecule has 5 nitrogen and oxygen atoms in total. The minimum absolute atomic E-state index is 0.173. The lowest BCUT2D eigenvalue weighted by Crippen LogP contribution is -2.25. The Labute approximate surface area is 174 Å². The molecule has 2 aromatic carbocycles. The number of rotatable bonds is 7. The van der Waals surface area contributed by atoms with Gasteiger partial charge in [0.15, 0.2) is 0 Å². The van der Waals surface area contributed by atoms with E-state index in [1.807, 2.05) is 41.9 Å². The largest absolute Gasteiger partial charge is 0.487 e. The van der Waals surface area contributed by atoms with Gasteiger partial charge in [-0.1, -0.05) is 18.2 Å². The van der Waals surface area contributed by atoms with Crippen molar-refractivity contribution in [3.63, 3.8) is 0 Å². The van der Waals surface area contributed by atoms with E-state index in [-0.39, 0.29) is 11.7 Å². The summed E-state index contributed by atoms with van der Waals surface area (Å²) in [6.45, 7) is 2.82. The van der Waals surface area contributed by atoms with Crippen LogP contribution >= 0.6 is 0 Å². The van der Waals surface area contributed by atoms with Gasteiger partial charge in [0.05, 0.1) is 5.69 Å². The summed E-state index contributed by atoms with van der Waals surface area (Å²) in [5, 5.41) is 2.85. The van der Waals surface area contributed by atoms with Crippen LogP contribution < -0.4 is 10.1 Å². The smallest absolute Gasteiger partial charge is 0.251 e. The van der Waals surface area contributed by atoms with E-state index in [9.17, 15) is 9.18 Å². The SMILES string of the molecule is Cc1ccc2nc(COc3ccc(C(=O)NCCc4cccc(F)c4)cc3)cn2c1. The average Bonchev–Trinajstić information content (AvgIpc) is 3.14. The average molecular weight is 403 g/mol. The fraction of sp³-hybridized carbons (Fsp3) is 0.167. The minimum atomic E-state index is -0.270. The highest BCUT2D eigenvalue weighted by molar-refractivity contribution is 5.94. The number of aryl methyl sites for hydroxylation is 1. The van der Waals surface area contributed by atoms with Gasteiger partial charge in [-0.2, -0.15) is 0 Å². The van der Waals surface area contributed by atoms with E-state index in [1.54, 1.807) is 30.3 Å². The maximum atomic E-state index is 13.2. The third kappa shape index (κ3) is 4.84. The van der Waals surface area contributed by atoms with Crippen molar-refractivity contribution in [1.29, 1.82) is 0 Å². The van der Waals surface area contributed by atoms with E-state index in [2.05, 4.69) is 10.3 Å². The molecule has 4 aromatic rings. The van der Waals surface area contributed by atoms with E-state index in [0.717, 1.165) is 22.5 Å². The van der Waals surface area contributed by atoms with E-state index in [0.29, 0.717) is 30.9 Å². The van der Waals surface area contributed by atoms with Gasteiger partial charge in [-0.05, 0) is 66.9 Å². The summed E-state index contributed by atoms with van der Waals surface area (Å²) in [7, 11) is 0. The lowest BCUT2D eigenvalue weighted by atomic mass is 10.1. The monoisotopic (exact) mass is 403 g/mol. The van der Waals surface area contributed by atoms with Gasteiger partial charge in [0.25, 0.3) is 5.91 Å². The van der Waals surface area contributed by atoms with Gasteiger partial charge in [0.2, 0.25) is 0 Å². The molecular weight excluding hydrogens is 381 g/mol. The lowest BCUT2D eigenvalue weighted by Gasteiger charge is -2.07. The Morgan fingerprint density at radius 2 is 1.93 bits per heavy atom. The van der Waals surface area contributed by atoms with Crippen LogP contribution in [-0.4, -0.2) is 21.8 Å². The van der Waals surface area contributed by atoms with Crippen LogP contribution in [0.1, 0.15) is 27.2 Å². The third-order valence-electron chi connectivity index (χ3n) is 4.74. The Morgan fingerprint density at radius 3 is 2.73 bits per heavy atom. The molecule has 4 rings (SSSR count). The molecule has 6 heteroatoms. The van der Waals surface area contributed by atoms with Gasteiger partial charge in [-0.3, -0.25) is 4.79 Å². The van der Waals surface area contributed by atoms with Crippen molar-refractivity contribution < 1.29 is 13.9 Å². The molecule has 2 aromatic heterocycles. The number of aromatic nitrogens is 2. The van der Waals surface area contributed by atoms with Crippen LogP contribution in [0.3, 0.4) is 0 Å². The lowest BCUT2D eigenvalue weighted by molar-refractivity contribution is 0.0954. The number of halogens is 1. The van der Waals surface area contributed by atoms with Crippen LogP contribution in [0.25, 0.3) is 5.65 Å². The van der Waals surface area contributed by atoms with E-state index >= 15 is 0 Å². The third-order valence-corrected chi connectivity index (χ3v) is 4.74. The van der Waals surface area contributed by atoms with Crippen molar-refractivity contribution in [2.75, 3.05) is 6.54 Å². The Balaban J connectivity index is 1.29. The number of ether oxygens (including phenoxy) is 1. The fourth-order valence-corrected chi connectivity index (χ4v) is 3.20. The van der Waals surface area contributed by atoms with Crippen LogP contribution in [0.15, 0.2) is 73.1 Å². The molecule has 0 aliphatic carbocycles. The first kappa shape index (κ1) is 19.6. The Hall–Kier alpha value is -3.67. The van der Waals surface area contributed by atoms with E-state index in [1.165, 1.54) is 12.1 Å². The normalized spacial score (nSPS) is 10.9. The van der Waals surface area contributed by atoms with Crippen molar-refractivity contribution in [2.24, 2.45) is 0 Å². The molecule has 152 valence electrons. The zero-order chi connectivity index (χ0) is 20.9. The van der Waals surface area contributed by atoms with Gasteiger partial charge in [-0.25, -0.2) is 9.37 Å². The quantitative estimate of drug-likeness (QED) is 0.500. The molecule has 30 heavy (non-hydrogen) atoms.